The van der Waals surface area contributed by atoms with Gasteiger partial charge in [0.15, 0.2) is 0 Å². The first-order chi connectivity index (χ1) is 8.99. The van der Waals surface area contributed by atoms with Crippen LogP contribution in [0.15, 0.2) is 23.1 Å². The lowest BCUT2D eigenvalue weighted by Crippen LogP contribution is -2.43. The van der Waals surface area contributed by atoms with Crippen LogP contribution in [0, 0.1) is 0 Å². The number of amides is 1. The minimum Gasteiger partial charge on any atom is -0.398 e. The highest BCUT2D eigenvalue weighted by molar-refractivity contribution is 5.76. The van der Waals surface area contributed by atoms with E-state index in [0.717, 1.165) is 6.42 Å². The maximum Gasteiger partial charge on any atom is 0.251 e. The van der Waals surface area contributed by atoms with E-state index >= 15 is 0 Å². The largest absolute Gasteiger partial charge is 0.398 e. The van der Waals surface area contributed by atoms with Crippen LogP contribution >= 0.6 is 0 Å². The molecule has 104 valence electrons. The van der Waals surface area contributed by atoms with Gasteiger partial charge < -0.3 is 19.9 Å². The van der Waals surface area contributed by atoms with Gasteiger partial charge in [0.1, 0.15) is 6.54 Å². The lowest BCUT2D eigenvalue weighted by molar-refractivity contribution is -0.133. The number of anilines is 1. The molecule has 19 heavy (non-hydrogen) atoms. The average molecular weight is 265 g/mol. The van der Waals surface area contributed by atoms with Crippen molar-refractivity contribution in [1.82, 2.24) is 9.47 Å². The summed E-state index contributed by atoms with van der Waals surface area (Å²) in [7, 11) is 1.75. The van der Waals surface area contributed by atoms with Crippen molar-refractivity contribution in [3.05, 3.63) is 28.7 Å². The molecule has 2 N–H and O–H groups in total. The monoisotopic (exact) mass is 265 g/mol. The van der Waals surface area contributed by atoms with Crippen LogP contribution in [0.1, 0.15) is 13.3 Å². The van der Waals surface area contributed by atoms with E-state index < -0.39 is 0 Å². The SMILES string of the molecule is CC1OCCC1N(C)C(=O)Cn1cc(N)ccc1=O. The Balaban J connectivity index is 2.08. The van der Waals surface area contributed by atoms with Gasteiger partial charge in [-0.2, -0.15) is 0 Å². The van der Waals surface area contributed by atoms with Crippen LogP contribution in [0.5, 0.6) is 0 Å². The molecule has 1 aromatic heterocycles. The Morgan fingerprint density at radius 1 is 1.58 bits per heavy atom. The second-order valence-electron chi connectivity index (χ2n) is 4.87. The number of ether oxygens (including phenoxy) is 1. The normalized spacial score (nSPS) is 22.4. The van der Waals surface area contributed by atoms with E-state index in [4.69, 9.17) is 10.5 Å². The van der Waals surface area contributed by atoms with Crippen LogP contribution in [-0.2, 0) is 16.1 Å². The molecule has 1 saturated heterocycles. The van der Waals surface area contributed by atoms with Crippen LogP contribution in [0.2, 0.25) is 0 Å². The average Bonchev–Trinajstić information content (AvgIpc) is 2.79. The summed E-state index contributed by atoms with van der Waals surface area (Å²) in [6.07, 6.45) is 2.35. The van der Waals surface area contributed by atoms with Crippen LogP contribution in [0.4, 0.5) is 5.69 Å². The van der Waals surface area contributed by atoms with Gasteiger partial charge in [-0.05, 0) is 19.4 Å². The molecule has 0 aromatic carbocycles. The summed E-state index contributed by atoms with van der Waals surface area (Å²) < 4.78 is 6.78. The van der Waals surface area contributed by atoms with Crippen LogP contribution < -0.4 is 11.3 Å². The van der Waals surface area contributed by atoms with Gasteiger partial charge >= 0.3 is 0 Å². The van der Waals surface area contributed by atoms with Gasteiger partial charge in [0, 0.05) is 31.6 Å². The van der Waals surface area contributed by atoms with Gasteiger partial charge in [-0.1, -0.05) is 0 Å². The van der Waals surface area contributed by atoms with E-state index in [1.165, 1.54) is 22.9 Å². The highest BCUT2D eigenvalue weighted by atomic mass is 16.5. The number of hydrogen-bond acceptors (Lipinski definition) is 4. The Hall–Kier alpha value is -1.82. The Morgan fingerprint density at radius 3 is 2.95 bits per heavy atom. The second-order valence-corrected chi connectivity index (χ2v) is 4.87. The molecular formula is C13H19N3O3. The minimum atomic E-state index is -0.230. The molecule has 1 aliphatic rings. The summed E-state index contributed by atoms with van der Waals surface area (Å²) in [5.41, 5.74) is 5.85. The quantitative estimate of drug-likeness (QED) is 0.838. The molecule has 1 fully saturated rings. The summed E-state index contributed by atoms with van der Waals surface area (Å²) in [5.74, 6) is -0.116. The molecule has 0 aliphatic carbocycles. The zero-order valence-corrected chi connectivity index (χ0v) is 11.2. The molecule has 0 bridgehead atoms. The number of likely N-dealkylation sites (N-methyl/N-ethyl adjacent to an activating group) is 1. The first-order valence-electron chi connectivity index (χ1n) is 6.32. The molecule has 2 atom stereocenters. The van der Waals surface area contributed by atoms with Gasteiger partial charge in [-0.15, -0.1) is 0 Å². The predicted molar refractivity (Wildman–Crippen MR) is 71.7 cm³/mol. The van der Waals surface area contributed by atoms with Crippen molar-refractivity contribution in [2.24, 2.45) is 0 Å². The van der Waals surface area contributed by atoms with Crippen LogP contribution in [0.25, 0.3) is 0 Å². The Kier molecular flexibility index (Phi) is 3.90. The van der Waals surface area contributed by atoms with Crippen molar-refractivity contribution in [3.8, 4) is 0 Å². The van der Waals surface area contributed by atoms with Gasteiger partial charge in [0.25, 0.3) is 5.56 Å². The van der Waals surface area contributed by atoms with Crippen molar-refractivity contribution in [1.29, 1.82) is 0 Å². The lowest BCUT2D eigenvalue weighted by Gasteiger charge is -2.27. The van der Waals surface area contributed by atoms with Crippen molar-refractivity contribution in [2.75, 3.05) is 19.4 Å². The van der Waals surface area contributed by atoms with Crippen molar-refractivity contribution >= 4 is 11.6 Å². The maximum atomic E-state index is 12.2. The highest BCUT2D eigenvalue weighted by Gasteiger charge is 2.30. The van der Waals surface area contributed by atoms with E-state index in [0.29, 0.717) is 12.3 Å². The molecule has 6 heteroatoms. The maximum absolute atomic E-state index is 12.2. The Bertz CT molecular complexity index is 526. The Labute approximate surface area is 111 Å². The van der Waals surface area contributed by atoms with Crippen LogP contribution in [-0.4, -0.2) is 41.2 Å². The van der Waals surface area contributed by atoms with Gasteiger partial charge in [0.05, 0.1) is 12.1 Å². The molecule has 0 radical (unpaired) electrons. The second kappa shape index (κ2) is 5.44. The number of nitrogens with two attached hydrogens (primary N) is 1. The minimum absolute atomic E-state index is 0.00356. The number of aromatic nitrogens is 1. The summed E-state index contributed by atoms with van der Waals surface area (Å²) >= 11 is 0. The fraction of sp³-hybridized carbons (Fsp3) is 0.538. The highest BCUT2D eigenvalue weighted by Crippen LogP contribution is 2.18. The molecule has 6 nitrogen and oxygen atoms in total. The molecule has 0 saturated carbocycles. The molecule has 1 aliphatic heterocycles. The van der Waals surface area contributed by atoms with Crippen molar-refractivity contribution in [2.45, 2.75) is 32.0 Å². The topological polar surface area (TPSA) is 77.6 Å². The van der Waals surface area contributed by atoms with E-state index in [2.05, 4.69) is 0 Å². The molecule has 1 amide bonds. The lowest BCUT2D eigenvalue weighted by atomic mass is 10.1. The third-order valence-corrected chi connectivity index (χ3v) is 3.54. The molecular weight excluding hydrogens is 246 g/mol. The fourth-order valence-electron chi connectivity index (χ4n) is 2.34. The van der Waals surface area contributed by atoms with E-state index in [1.54, 1.807) is 11.9 Å². The molecule has 2 rings (SSSR count). The van der Waals surface area contributed by atoms with Gasteiger partial charge in [0.2, 0.25) is 5.91 Å². The third-order valence-electron chi connectivity index (χ3n) is 3.54. The standard InChI is InChI=1S/C13H19N3O3/c1-9-11(5-6-19-9)15(2)13(18)8-16-7-10(14)3-4-12(16)17/h3-4,7,9,11H,5-6,8,14H2,1-2H3. The van der Waals surface area contributed by atoms with Crippen molar-refractivity contribution < 1.29 is 9.53 Å². The number of nitrogens with zero attached hydrogens (tertiary/aromatic N) is 2. The summed E-state index contributed by atoms with van der Waals surface area (Å²) in [6.45, 7) is 2.62. The molecule has 2 unspecified atom stereocenters. The zero-order chi connectivity index (χ0) is 14.0. The zero-order valence-electron chi connectivity index (χ0n) is 11.2. The first kappa shape index (κ1) is 13.6. The summed E-state index contributed by atoms with van der Waals surface area (Å²) in [4.78, 5) is 25.5. The summed E-state index contributed by atoms with van der Waals surface area (Å²) in [5, 5.41) is 0. The Morgan fingerprint density at radius 2 is 2.32 bits per heavy atom. The van der Waals surface area contributed by atoms with Crippen LogP contribution in [0.3, 0.4) is 0 Å². The number of hydrogen-bond donors (Lipinski definition) is 1. The van der Waals surface area contributed by atoms with E-state index in [-0.39, 0.29) is 30.2 Å². The molecule has 2 heterocycles. The van der Waals surface area contributed by atoms with E-state index in [9.17, 15) is 9.59 Å². The number of pyridine rings is 1. The summed E-state index contributed by atoms with van der Waals surface area (Å²) in [6, 6.07) is 2.97. The van der Waals surface area contributed by atoms with E-state index in [1.807, 2.05) is 6.92 Å². The van der Waals surface area contributed by atoms with Gasteiger partial charge in [-0.3, -0.25) is 9.59 Å². The van der Waals surface area contributed by atoms with Crippen molar-refractivity contribution in [3.63, 3.8) is 0 Å². The van der Waals surface area contributed by atoms with Gasteiger partial charge in [-0.25, -0.2) is 0 Å². The third kappa shape index (κ3) is 2.96. The number of nitrogen functional groups attached to an aromatic ring is 1. The smallest absolute Gasteiger partial charge is 0.251 e. The molecule has 1 aromatic rings. The number of rotatable bonds is 3. The predicted octanol–water partition coefficient (Wildman–Crippen LogP) is 0.0663. The molecule has 0 spiro atoms. The fourth-order valence-corrected chi connectivity index (χ4v) is 2.34. The number of carbonyl (C=O) groups is 1. The number of carbonyl (C=O) groups excluding carboxylic acids is 1. The first-order valence-corrected chi connectivity index (χ1v) is 6.32.